The molecule has 0 aliphatic rings. The molecule has 0 fully saturated rings. The number of ether oxygens (including phenoxy) is 1. The minimum absolute atomic E-state index is 0.0173. The summed E-state index contributed by atoms with van der Waals surface area (Å²) in [5, 5.41) is 9.58. The van der Waals surface area contributed by atoms with Crippen molar-refractivity contribution < 1.29 is 14.6 Å². The van der Waals surface area contributed by atoms with Gasteiger partial charge in [0.15, 0.2) is 5.16 Å². The van der Waals surface area contributed by atoms with E-state index in [2.05, 4.69) is 9.97 Å². The SMILES string of the molecule is CCOC(=O)CSc1nc(Cl)cc(N(C)CCO)n1. The van der Waals surface area contributed by atoms with Crippen molar-refractivity contribution in [3.63, 3.8) is 0 Å². The summed E-state index contributed by atoms with van der Waals surface area (Å²) in [5.74, 6) is 0.416. The number of aliphatic hydroxyl groups is 1. The van der Waals surface area contributed by atoms with Gasteiger partial charge in [0.2, 0.25) is 0 Å². The Morgan fingerprint density at radius 1 is 1.58 bits per heavy atom. The van der Waals surface area contributed by atoms with Gasteiger partial charge in [-0.1, -0.05) is 23.4 Å². The third kappa shape index (κ3) is 5.63. The van der Waals surface area contributed by atoms with Crippen LogP contribution in [0, 0.1) is 0 Å². The quantitative estimate of drug-likeness (QED) is 0.351. The average molecular weight is 306 g/mol. The minimum Gasteiger partial charge on any atom is -0.465 e. The number of halogens is 1. The summed E-state index contributed by atoms with van der Waals surface area (Å²) in [4.78, 5) is 21.3. The van der Waals surface area contributed by atoms with Crippen molar-refractivity contribution >= 4 is 35.1 Å². The Morgan fingerprint density at radius 2 is 2.32 bits per heavy atom. The van der Waals surface area contributed by atoms with Crippen LogP contribution >= 0.6 is 23.4 Å². The Hall–Kier alpha value is -1.05. The van der Waals surface area contributed by atoms with Gasteiger partial charge in [-0.2, -0.15) is 0 Å². The third-order valence-corrected chi connectivity index (χ3v) is 3.13. The van der Waals surface area contributed by atoms with Gasteiger partial charge in [-0.05, 0) is 6.92 Å². The van der Waals surface area contributed by atoms with Crippen molar-refractivity contribution in [2.24, 2.45) is 0 Å². The van der Waals surface area contributed by atoms with Gasteiger partial charge in [-0.15, -0.1) is 0 Å². The monoisotopic (exact) mass is 305 g/mol. The maximum atomic E-state index is 11.2. The number of hydrogen-bond donors (Lipinski definition) is 1. The van der Waals surface area contributed by atoms with Crippen molar-refractivity contribution in [1.82, 2.24) is 9.97 Å². The molecule has 0 atom stereocenters. The topological polar surface area (TPSA) is 75.5 Å². The van der Waals surface area contributed by atoms with Crippen LogP contribution in [0.1, 0.15) is 6.92 Å². The predicted octanol–water partition coefficient (Wildman–Crippen LogP) is 1.21. The first-order valence-electron chi connectivity index (χ1n) is 5.71. The number of likely N-dealkylation sites (N-methyl/N-ethyl adjacent to an activating group) is 1. The number of nitrogens with zero attached hydrogens (tertiary/aromatic N) is 3. The third-order valence-electron chi connectivity index (χ3n) is 2.11. The molecule has 6 nitrogen and oxygen atoms in total. The Kier molecular flexibility index (Phi) is 6.90. The summed E-state index contributed by atoms with van der Waals surface area (Å²) in [6.45, 7) is 2.56. The fraction of sp³-hybridized carbons (Fsp3) is 0.545. The summed E-state index contributed by atoms with van der Waals surface area (Å²) in [7, 11) is 1.79. The molecule has 1 heterocycles. The number of hydrogen-bond acceptors (Lipinski definition) is 7. The number of aromatic nitrogens is 2. The second kappa shape index (κ2) is 8.19. The zero-order valence-corrected chi connectivity index (χ0v) is 12.4. The van der Waals surface area contributed by atoms with E-state index in [0.29, 0.717) is 29.3 Å². The van der Waals surface area contributed by atoms with E-state index in [0.717, 1.165) is 11.8 Å². The maximum absolute atomic E-state index is 11.2. The Morgan fingerprint density at radius 3 is 2.95 bits per heavy atom. The van der Waals surface area contributed by atoms with Crippen molar-refractivity contribution in [2.75, 3.05) is 37.5 Å². The Labute approximate surface area is 121 Å². The van der Waals surface area contributed by atoms with Crippen LogP contribution in [0.5, 0.6) is 0 Å². The highest BCUT2D eigenvalue weighted by Gasteiger charge is 2.10. The lowest BCUT2D eigenvalue weighted by Crippen LogP contribution is -2.22. The van der Waals surface area contributed by atoms with E-state index >= 15 is 0 Å². The summed E-state index contributed by atoms with van der Waals surface area (Å²) in [6.07, 6.45) is 0. The van der Waals surface area contributed by atoms with E-state index in [1.165, 1.54) is 0 Å². The van der Waals surface area contributed by atoms with E-state index in [1.54, 1.807) is 24.9 Å². The fourth-order valence-corrected chi connectivity index (χ4v) is 2.12. The maximum Gasteiger partial charge on any atom is 0.316 e. The van der Waals surface area contributed by atoms with Gasteiger partial charge >= 0.3 is 5.97 Å². The van der Waals surface area contributed by atoms with Crippen LogP contribution in [0.15, 0.2) is 11.2 Å². The number of anilines is 1. The first-order valence-corrected chi connectivity index (χ1v) is 7.08. The molecule has 0 spiro atoms. The van der Waals surface area contributed by atoms with Crippen molar-refractivity contribution in [1.29, 1.82) is 0 Å². The van der Waals surface area contributed by atoms with E-state index in [9.17, 15) is 4.79 Å². The highest BCUT2D eigenvalue weighted by molar-refractivity contribution is 7.99. The van der Waals surface area contributed by atoms with Crippen LogP contribution in [-0.2, 0) is 9.53 Å². The van der Waals surface area contributed by atoms with E-state index < -0.39 is 0 Å². The van der Waals surface area contributed by atoms with Gasteiger partial charge in [0.1, 0.15) is 11.0 Å². The van der Waals surface area contributed by atoms with Gasteiger partial charge in [0.25, 0.3) is 0 Å². The number of carbonyl (C=O) groups is 1. The summed E-state index contributed by atoms with van der Waals surface area (Å²) in [6, 6.07) is 1.60. The van der Waals surface area contributed by atoms with E-state index in [1.807, 2.05) is 0 Å². The standard InChI is InChI=1S/C11H16ClN3O3S/c1-3-18-10(17)7-19-11-13-8(12)6-9(14-11)15(2)4-5-16/h6,16H,3-5,7H2,1-2H3. The highest BCUT2D eigenvalue weighted by atomic mass is 35.5. The predicted molar refractivity (Wildman–Crippen MR) is 74.8 cm³/mol. The molecule has 1 N–H and O–H groups in total. The highest BCUT2D eigenvalue weighted by Crippen LogP contribution is 2.21. The molecule has 106 valence electrons. The van der Waals surface area contributed by atoms with Gasteiger partial charge in [0, 0.05) is 19.7 Å². The largest absolute Gasteiger partial charge is 0.465 e. The molecule has 0 saturated heterocycles. The normalized spacial score (nSPS) is 10.3. The number of esters is 1. The van der Waals surface area contributed by atoms with Crippen LogP contribution in [-0.4, -0.2) is 53.6 Å². The van der Waals surface area contributed by atoms with Crippen LogP contribution in [0.3, 0.4) is 0 Å². The molecule has 0 aliphatic carbocycles. The van der Waals surface area contributed by atoms with Crippen molar-refractivity contribution in [2.45, 2.75) is 12.1 Å². The average Bonchev–Trinajstić information content (AvgIpc) is 2.36. The fourth-order valence-electron chi connectivity index (χ4n) is 1.24. The number of carbonyl (C=O) groups excluding carboxylic acids is 1. The molecule has 19 heavy (non-hydrogen) atoms. The van der Waals surface area contributed by atoms with Crippen LogP contribution in [0.4, 0.5) is 5.82 Å². The molecule has 0 saturated carbocycles. The molecule has 1 aromatic rings. The van der Waals surface area contributed by atoms with Gasteiger partial charge < -0.3 is 14.7 Å². The first kappa shape index (κ1) is 16.0. The van der Waals surface area contributed by atoms with Gasteiger partial charge in [-0.3, -0.25) is 4.79 Å². The smallest absolute Gasteiger partial charge is 0.316 e. The number of rotatable bonds is 7. The zero-order chi connectivity index (χ0) is 14.3. The second-order valence-corrected chi connectivity index (χ2v) is 4.90. The molecule has 1 rings (SSSR count). The lowest BCUT2D eigenvalue weighted by atomic mass is 10.5. The van der Waals surface area contributed by atoms with Crippen molar-refractivity contribution in [3.05, 3.63) is 11.2 Å². The van der Waals surface area contributed by atoms with Gasteiger partial charge in [0.05, 0.1) is 19.0 Å². The van der Waals surface area contributed by atoms with Gasteiger partial charge in [-0.25, -0.2) is 9.97 Å². The molecule has 0 aliphatic heterocycles. The summed E-state index contributed by atoms with van der Waals surface area (Å²) >= 11 is 7.06. The molecule has 0 bridgehead atoms. The molecular formula is C11H16ClN3O3S. The van der Waals surface area contributed by atoms with Crippen molar-refractivity contribution in [3.8, 4) is 0 Å². The number of aliphatic hydroxyl groups excluding tert-OH is 1. The number of thioether (sulfide) groups is 1. The molecule has 0 radical (unpaired) electrons. The lowest BCUT2D eigenvalue weighted by molar-refractivity contribution is -0.139. The van der Waals surface area contributed by atoms with Crippen LogP contribution < -0.4 is 4.90 Å². The summed E-state index contributed by atoms with van der Waals surface area (Å²) < 4.78 is 4.82. The Balaban J connectivity index is 2.70. The lowest BCUT2D eigenvalue weighted by Gasteiger charge is -2.17. The van der Waals surface area contributed by atoms with E-state index in [4.69, 9.17) is 21.4 Å². The van der Waals surface area contributed by atoms with Crippen LogP contribution in [0.25, 0.3) is 0 Å². The summed E-state index contributed by atoms with van der Waals surface area (Å²) in [5.41, 5.74) is 0. The van der Waals surface area contributed by atoms with Crippen LogP contribution in [0.2, 0.25) is 5.15 Å². The first-order chi connectivity index (χ1) is 9.06. The second-order valence-electron chi connectivity index (χ2n) is 3.57. The molecule has 8 heteroatoms. The Bertz CT molecular complexity index is 434. The molecule has 0 amide bonds. The van der Waals surface area contributed by atoms with E-state index in [-0.39, 0.29) is 18.3 Å². The molecule has 0 unspecified atom stereocenters. The molecular weight excluding hydrogens is 290 g/mol. The molecule has 0 aromatic carbocycles. The molecule has 1 aromatic heterocycles. The zero-order valence-electron chi connectivity index (χ0n) is 10.8. The minimum atomic E-state index is -0.318.